The highest BCUT2D eigenvalue weighted by molar-refractivity contribution is 6.09. The van der Waals surface area contributed by atoms with Gasteiger partial charge in [0, 0.05) is 17.4 Å². The lowest BCUT2D eigenvalue weighted by molar-refractivity contribution is -0.157. The van der Waals surface area contributed by atoms with Crippen LogP contribution in [-0.2, 0) is 28.7 Å². The van der Waals surface area contributed by atoms with Crippen molar-refractivity contribution in [3.05, 3.63) is 47.0 Å². The molecule has 5 atom stereocenters. The first-order chi connectivity index (χ1) is 15.9. The lowest BCUT2D eigenvalue weighted by Gasteiger charge is -2.39. The fourth-order valence-electron chi connectivity index (χ4n) is 4.58. The minimum Gasteiger partial charge on any atom is -0.508 e. The molecule has 3 rings (SSSR count). The molecule has 1 saturated heterocycles. The van der Waals surface area contributed by atoms with Gasteiger partial charge < -0.3 is 25.0 Å². The Hall–Kier alpha value is -3.89. The minimum absolute atomic E-state index is 0.0975. The fourth-order valence-corrected chi connectivity index (χ4v) is 4.58. The van der Waals surface area contributed by atoms with E-state index in [-0.39, 0.29) is 11.1 Å². The predicted octanol–water partition coefficient (Wildman–Crippen LogP) is 0.899. The summed E-state index contributed by atoms with van der Waals surface area (Å²) in [5.74, 6) is -6.37. The number of Topliss-reactive ketones (excluding diaryl/α,β-unsaturated/α-hetero) is 1. The molecule has 0 aromatic carbocycles. The molecule has 3 aliphatic rings. The van der Waals surface area contributed by atoms with Gasteiger partial charge in [0.05, 0.1) is 13.0 Å². The SMILES string of the molecule is C/C=C/C=C/C(O)=C1/C(O)=C(C)C(=O)C2(C)OC(=O)C(C)(NC(=O)C3NN=CC3C(=O)OC)C12. The summed E-state index contributed by atoms with van der Waals surface area (Å²) < 4.78 is 10.2. The zero-order valence-electron chi connectivity index (χ0n) is 19.4. The van der Waals surface area contributed by atoms with Crippen molar-refractivity contribution >= 4 is 29.8 Å². The second kappa shape index (κ2) is 8.81. The molecule has 182 valence electrons. The lowest BCUT2D eigenvalue weighted by Crippen LogP contribution is -2.62. The zero-order valence-corrected chi connectivity index (χ0v) is 19.4. The summed E-state index contributed by atoms with van der Waals surface area (Å²) in [5, 5.41) is 28.0. The third-order valence-corrected chi connectivity index (χ3v) is 6.33. The minimum atomic E-state index is -1.89. The van der Waals surface area contributed by atoms with Gasteiger partial charge in [0.2, 0.25) is 11.7 Å². The lowest BCUT2D eigenvalue weighted by atomic mass is 9.65. The van der Waals surface area contributed by atoms with Gasteiger partial charge in [-0.15, -0.1) is 0 Å². The zero-order chi connectivity index (χ0) is 25.4. The Balaban J connectivity index is 2.10. The number of fused-ring (bicyclic) bond motifs is 1. The predicted molar refractivity (Wildman–Crippen MR) is 119 cm³/mol. The highest BCUT2D eigenvalue weighted by Gasteiger charge is 2.69. The maximum atomic E-state index is 13.1. The van der Waals surface area contributed by atoms with Crippen molar-refractivity contribution in [2.24, 2.45) is 16.9 Å². The second-order valence-corrected chi connectivity index (χ2v) is 8.54. The summed E-state index contributed by atoms with van der Waals surface area (Å²) in [7, 11) is 1.16. The van der Waals surface area contributed by atoms with Crippen LogP contribution in [0.1, 0.15) is 27.7 Å². The van der Waals surface area contributed by atoms with Crippen LogP contribution in [0.5, 0.6) is 0 Å². The summed E-state index contributed by atoms with van der Waals surface area (Å²) in [6.45, 7) is 5.81. The number of allylic oxidation sites excluding steroid dienone is 5. The average Bonchev–Trinajstić information content (AvgIpc) is 3.36. The number of ketones is 1. The largest absolute Gasteiger partial charge is 0.508 e. The summed E-state index contributed by atoms with van der Waals surface area (Å²) in [6.07, 6.45) is 7.35. The van der Waals surface area contributed by atoms with Crippen LogP contribution >= 0.6 is 0 Å². The maximum Gasteiger partial charge on any atom is 0.333 e. The van der Waals surface area contributed by atoms with Crippen LogP contribution in [0, 0.1) is 11.8 Å². The van der Waals surface area contributed by atoms with Gasteiger partial charge in [-0.25, -0.2) is 4.79 Å². The number of nitrogens with zero attached hydrogens (tertiary/aromatic N) is 1. The molecular weight excluding hydrogens is 446 g/mol. The summed E-state index contributed by atoms with van der Waals surface area (Å²) in [4.78, 5) is 51.4. The molecule has 2 aliphatic heterocycles. The van der Waals surface area contributed by atoms with Crippen molar-refractivity contribution in [1.29, 1.82) is 0 Å². The number of hydrogen-bond donors (Lipinski definition) is 4. The number of aliphatic hydroxyl groups excluding tert-OH is 2. The van der Waals surface area contributed by atoms with Crippen molar-refractivity contribution in [1.82, 2.24) is 10.7 Å². The van der Waals surface area contributed by atoms with E-state index in [4.69, 9.17) is 4.74 Å². The number of hydrogen-bond acceptors (Lipinski definition) is 10. The molecule has 4 N–H and O–H groups in total. The molecular formula is C23H27N3O8. The van der Waals surface area contributed by atoms with Gasteiger partial charge in [0.25, 0.3) is 0 Å². The molecule has 1 fully saturated rings. The van der Waals surface area contributed by atoms with E-state index in [1.165, 1.54) is 39.1 Å². The van der Waals surface area contributed by atoms with E-state index in [0.717, 1.165) is 7.11 Å². The Bertz CT molecular complexity index is 1100. The highest BCUT2D eigenvalue weighted by atomic mass is 16.6. The molecule has 0 aromatic rings. The number of aliphatic hydroxyl groups is 2. The standard InChI is InChI=1S/C23H27N3O8/c1-6-7-8-9-13(27)14-16(28)11(2)18(29)23(4)17(14)22(3,21(32)34-23)25-19(30)15-12(10-24-26-15)20(31)33-5/h6-10,12,15,17,26-28H,1-5H3,(H,25,30)/b7-6+,9-8+,14-13+. The topological polar surface area (TPSA) is 164 Å². The normalized spacial score (nSPS) is 34.3. The summed E-state index contributed by atoms with van der Waals surface area (Å²) >= 11 is 0. The van der Waals surface area contributed by atoms with Gasteiger partial charge >= 0.3 is 11.9 Å². The first kappa shape index (κ1) is 24.7. The number of carbonyl (C=O) groups is 4. The molecule has 0 radical (unpaired) electrons. The van der Waals surface area contributed by atoms with Gasteiger partial charge in [0.15, 0.2) is 5.60 Å². The van der Waals surface area contributed by atoms with Crippen LogP contribution in [0.25, 0.3) is 0 Å². The quantitative estimate of drug-likeness (QED) is 0.258. The van der Waals surface area contributed by atoms with Crippen molar-refractivity contribution in [2.45, 2.75) is 44.9 Å². The Morgan fingerprint density at radius 1 is 1.29 bits per heavy atom. The summed E-state index contributed by atoms with van der Waals surface area (Å²) in [5.41, 5.74) is -1.43. The number of rotatable bonds is 5. The molecule has 2 heterocycles. The number of esters is 2. The number of methoxy groups -OCH3 is 1. The third-order valence-electron chi connectivity index (χ3n) is 6.33. The number of ether oxygens (including phenoxy) is 2. The number of amides is 1. The van der Waals surface area contributed by atoms with Crippen molar-refractivity contribution < 1.29 is 38.9 Å². The van der Waals surface area contributed by atoms with E-state index in [1.807, 2.05) is 0 Å². The summed E-state index contributed by atoms with van der Waals surface area (Å²) in [6, 6.07) is -1.19. The molecule has 1 amide bonds. The molecule has 34 heavy (non-hydrogen) atoms. The van der Waals surface area contributed by atoms with Crippen LogP contribution in [0.15, 0.2) is 52.1 Å². The van der Waals surface area contributed by atoms with Crippen LogP contribution in [0.3, 0.4) is 0 Å². The van der Waals surface area contributed by atoms with Crippen molar-refractivity contribution in [3.63, 3.8) is 0 Å². The van der Waals surface area contributed by atoms with Crippen LogP contribution in [0.4, 0.5) is 0 Å². The molecule has 5 unspecified atom stereocenters. The van der Waals surface area contributed by atoms with E-state index in [2.05, 4.69) is 20.6 Å². The Kier molecular flexibility index (Phi) is 6.41. The van der Waals surface area contributed by atoms with Gasteiger partial charge in [-0.05, 0) is 33.8 Å². The Morgan fingerprint density at radius 2 is 1.97 bits per heavy atom. The molecule has 1 aliphatic carbocycles. The molecule has 11 nitrogen and oxygen atoms in total. The number of carbonyl (C=O) groups excluding carboxylic acids is 4. The van der Waals surface area contributed by atoms with Crippen LogP contribution < -0.4 is 10.7 Å². The Morgan fingerprint density at radius 3 is 2.59 bits per heavy atom. The fraction of sp³-hybridized carbons (Fsp3) is 0.435. The van der Waals surface area contributed by atoms with Gasteiger partial charge in [-0.1, -0.05) is 18.2 Å². The van der Waals surface area contributed by atoms with Gasteiger partial charge in [-0.2, -0.15) is 5.10 Å². The van der Waals surface area contributed by atoms with Gasteiger partial charge in [0.1, 0.15) is 29.0 Å². The Labute approximate surface area is 195 Å². The van der Waals surface area contributed by atoms with E-state index in [0.29, 0.717) is 0 Å². The van der Waals surface area contributed by atoms with E-state index >= 15 is 0 Å². The first-order valence-corrected chi connectivity index (χ1v) is 10.5. The monoisotopic (exact) mass is 473 g/mol. The molecule has 0 bridgehead atoms. The molecule has 0 saturated carbocycles. The van der Waals surface area contributed by atoms with Crippen molar-refractivity contribution in [2.75, 3.05) is 7.11 Å². The highest BCUT2D eigenvalue weighted by Crippen LogP contribution is 2.51. The maximum absolute atomic E-state index is 13.1. The number of nitrogens with one attached hydrogen (secondary N) is 2. The second-order valence-electron chi connectivity index (χ2n) is 8.54. The first-order valence-electron chi connectivity index (χ1n) is 10.5. The number of hydrazone groups is 1. The molecule has 11 heteroatoms. The van der Waals surface area contributed by atoms with E-state index < -0.39 is 64.2 Å². The smallest absolute Gasteiger partial charge is 0.333 e. The molecule has 0 spiro atoms. The average molecular weight is 473 g/mol. The molecule has 0 aromatic heterocycles. The third kappa shape index (κ3) is 3.66. The van der Waals surface area contributed by atoms with E-state index in [1.54, 1.807) is 19.1 Å². The van der Waals surface area contributed by atoms with Gasteiger partial charge in [-0.3, -0.25) is 19.8 Å². The van der Waals surface area contributed by atoms with E-state index in [9.17, 15) is 29.4 Å². The van der Waals surface area contributed by atoms with Crippen molar-refractivity contribution in [3.8, 4) is 0 Å². The van der Waals surface area contributed by atoms with Crippen LogP contribution in [-0.4, -0.2) is 64.3 Å². The van der Waals surface area contributed by atoms with Crippen LogP contribution in [0.2, 0.25) is 0 Å².